The van der Waals surface area contributed by atoms with Crippen molar-refractivity contribution in [1.82, 2.24) is 4.90 Å². The number of aliphatic hydroxyl groups excluding tert-OH is 1. The normalized spacial score (nSPS) is 18.7. The molecule has 0 bridgehead atoms. The molecule has 6 heteroatoms. The van der Waals surface area contributed by atoms with Gasteiger partial charge in [0.2, 0.25) is 0 Å². The zero-order valence-electron chi connectivity index (χ0n) is 10.7. The first kappa shape index (κ1) is 14.5. The van der Waals surface area contributed by atoms with E-state index in [0.717, 1.165) is 16.3 Å². The number of halogens is 1. The van der Waals surface area contributed by atoms with Crippen molar-refractivity contribution in [2.45, 2.75) is 24.3 Å². The fourth-order valence-corrected chi connectivity index (χ4v) is 2.91. The highest BCUT2D eigenvalue weighted by molar-refractivity contribution is 7.99. The topological polar surface area (TPSA) is 52.6 Å². The standard InChI is InChI=1S/C13H17ClN2O2S/c1-2-19-12-4-3-9(14)7-11(12)15-13(18)16-6-5-10(17)8-16/h3-4,7,10,17H,2,5-6,8H2,1H3,(H,15,18)/t10-/m0/s1. The van der Waals surface area contributed by atoms with Gasteiger partial charge in [-0.05, 0) is 30.4 Å². The van der Waals surface area contributed by atoms with Crippen LogP contribution >= 0.6 is 23.4 Å². The van der Waals surface area contributed by atoms with Gasteiger partial charge in [0.15, 0.2) is 0 Å². The van der Waals surface area contributed by atoms with E-state index in [2.05, 4.69) is 12.2 Å². The molecule has 1 aliphatic heterocycles. The molecule has 1 aliphatic rings. The molecule has 0 radical (unpaired) electrons. The minimum atomic E-state index is -0.408. The molecule has 1 aromatic rings. The van der Waals surface area contributed by atoms with Gasteiger partial charge >= 0.3 is 6.03 Å². The fourth-order valence-electron chi connectivity index (χ4n) is 2.00. The minimum Gasteiger partial charge on any atom is -0.391 e. The maximum atomic E-state index is 12.1. The van der Waals surface area contributed by atoms with Crippen LogP contribution in [0.3, 0.4) is 0 Å². The highest BCUT2D eigenvalue weighted by Gasteiger charge is 2.24. The average Bonchev–Trinajstić information content (AvgIpc) is 2.80. The molecule has 1 heterocycles. The Labute approximate surface area is 122 Å². The SMILES string of the molecule is CCSc1ccc(Cl)cc1NC(=O)N1CC[C@H](O)C1. The lowest BCUT2D eigenvalue weighted by Gasteiger charge is -2.18. The van der Waals surface area contributed by atoms with Gasteiger partial charge in [-0.25, -0.2) is 4.79 Å². The van der Waals surface area contributed by atoms with Crippen molar-refractivity contribution in [3.63, 3.8) is 0 Å². The number of nitrogens with zero attached hydrogens (tertiary/aromatic N) is 1. The van der Waals surface area contributed by atoms with Crippen molar-refractivity contribution in [2.75, 3.05) is 24.2 Å². The predicted molar refractivity (Wildman–Crippen MR) is 79.1 cm³/mol. The highest BCUT2D eigenvalue weighted by Crippen LogP contribution is 2.30. The molecular formula is C13H17ClN2O2S. The van der Waals surface area contributed by atoms with Crippen LogP contribution in [0, 0.1) is 0 Å². The number of carbonyl (C=O) groups is 1. The second-order valence-electron chi connectivity index (χ2n) is 4.39. The number of anilines is 1. The van der Waals surface area contributed by atoms with E-state index in [1.54, 1.807) is 22.7 Å². The summed E-state index contributed by atoms with van der Waals surface area (Å²) in [5.41, 5.74) is 0.728. The first-order valence-electron chi connectivity index (χ1n) is 6.26. The van der Waals surface area contributed by atoms with E-state index in [4.69, 9.17) is 11.6 Å². The van der Waals surface area contributed by atoms with E-state index >= 15 is 0 Å². The Balaban J connectivity index is 2.09. The number of hydrogen-bond acceptors (Lipinski definition) is 3. The molecule has 1 aromatic carbocycles. The summed E-state index contributed by atoms with van der Waals surface area (Å²) in [5.74, 6) is 0.924. The Morgan fingerprint density at radius 2 is 2.42 bits per heavy atom. The van der Waals surface area contributed by atoms with Crippen molar-refractivity contribution in [3.05, 3.63) is 23.2 Å². The minimum absolute atomic E-state index is 0.184. The first-order chi connectivity index (χ1) is 9.10. The van der Waals surface area contributed by atoms with Crippen LogP contribution in [0.15, 0.2) is 23.1 Å². The summed E-state index contributed by atoms with van der Waals surface area (Å²) in [6.07, 6.45) is 0.231. The largest absolute Gasteiger partial charge is 0.391 e. The fraction of sp³-hybridized carbons (Fsp3) is 0.462. The van der Waals surface area contributed by atoms with Crippen molar-refractivity contribution in [3.8, 4) is 0 Å². The van der Waals surface area contributed by atoms with Crippen LogP contribution in [0.25, 0.3) is 0 Å². The molecule has 2 N–H and O–H groups in total. The van der Waals surface area contributed by atoms with Gasteiger partial charge in [0, 0.05) is 23.0 Å². The number of hydrogen-bond donors (Lipinski definition) is 2. The number of nitrogens with one attached hydrogen (secondary N) is 1. The zero-order valence-corrected chi connectivity index (χ0v) is 12.3. The Kier molecular flexibility index (Phi) is 4.96. The van der Waals surface area contributed by atoms with Gasteiger partial charge in [-0.3, -0.25) is 0 Å². The number of thioether (sulfide) groups is 1. The quantitative estimate of drug-likeness (QED) is 0.844. The molecule has 0 unspecified atom stereocenters. The predicted octanol–water partition coefficient (Wildman–Crippen LogP) is 3.05. The van der Waals surface area contributed by atoms with E-state index in [1.807, 2.05) is 12.1 Å². The third-order valence-electron chi connectivity index (χ3n) is 2.93. The molecule has 0 aromatic heterocycles. The molecule has 1 saturated heterocycles. The summed E-state index contributed by atoms with van der Waals surface area (Å²) in [6.45, 7) is 3.04. The van der Waals surface area contributed by atoms with Gasteiger partial charge < -0.3 is 15.3 Å². The zero-order chi connectivity index (χ0) is 13.8. The van der Waals surface area contributed by atoms with Crippen molar-refractivity contribution >= 4 is 35.1 Å². The number of benzene rings is 1. The summed E-state index contributed by atoms with van der Waals surface area (Å²) in [5, 5.41) is 12.9. The van der Waals surface area contributed by atoms with E-state index in [0.29, 0.717) is 24.5 Å². The van der Waals surface area contributed by atoms with Gasteiger partial charge in [-0.1, -0.05) is 18.5 Å². The number of β-amino-alcohol motifs (C(OH)–C–C–N with tert-alkyl or cyclic N) is 1. The highest BCUT2D eigenvalue weighted by atomic mass is 35.5. The first-order valence-corrected chi connectivity index (χ1v) is 7.63. The van der Waals surface area contributed by atoms with Crippen LogP contribution in [0.2, 0.25) is 5.02 Å². The van der Waals surface area contributed by atoms with E-state index < -0.39 is 6.10 Å². The number of urea groups is 1. The molecule has 1 atom stereocenters. The molecule has 0 aliphatic carbocycles. The number of carbonyl (C=O) groups excluding carboxylic acids is 1. The average molecular weight is 301 g/mol. The van der Waals surface area contributed by atoms with Crippen LogP contribution in [0.5, 0.6) is 0 Å². The summed E-state index contributed by atoms with van der Waals surface area (Å²) < 4.78 is 0. The van der Waals surface area contributed by atoms with Crippen LogP contribution in [-0.2, 0) is 0 Å². The molecule has 104 valence electrons. The number of likely N-dealkylation sites (tertiary alicyclic amines) is 1. The van der Waals surface area contributed by atoms with Crippen LogP contribution in [-0.4, -0.2) is 41.0 Å². The molecule has 2 rings (SSSR count). The van der Waals surface area contributed by atoms with Crippen molar-refractivity contribution < 1.29 is 9.90 Å². The Morgan fingerprint density at radius 3 is 3.05 bits per heavy atom. The molecular weight excluding hydrogens is 284 g/mol. The molecule has 2 amide bonds. The Hall–Kier alpha value is -0.910. The molecule has 4 nitrogen and oxygen atoms in total. The molecule has 1 fully saturated rings. The van der Waals surface area contributed by atoms with E-state index in [9.17, 15) is 9.90 Å². The summed E-state index contributed by atoms with van der Waals surface area (Å²) in [6, 6.07) is 5.29. The summed E-state index contributed by atoms with van der Waals surface area (Å²) in [7, 11) is 0. The lowest BCUT2D eigenvalue weighted by Crippen LogP contribution is -2.33. The van der Waals surface area contributed by atoms with E-state index in [-0.39, 0.29) is 6.03 Å². The Morgan fingerprint density at radius 1 is 1.63 bits per heavy atom. The van der Waals surface area contributed by atoms with Gasteiger partial charge in [-0.2, -0.15) is 0 Å². The second-order valence-corrected chi connectivity index (χ2v) is 6.13. The maximum absolute atomic E-state index is 12.1. The number of amides is 2. The maximum Gasteiger partial charge on any atom is 0.321 e. The van der Waals surface area contributed by atoms with Gasteiger partial charge in [0.1, 0.15) is 0 Å². The van der Waals surface area contributed by atoms with E-state index in [1.165, 1.54) is 0 Å². The number of aliphatic hydroxyl groups is 1. The molecule has 19 heavy (non-hydrogen) atoms. The second kappa shape index (κ2) is 6.50. The van der Waals surface area contributed by atoms with Crippen LogP contribution in [0.4, 0.5) is 10.5 Å². The summed E-state index contributed by atoms with van der Waals surface area (Å²) in [4.78, 5) is 14.7. The smallest absolute Gasteiger partial charge is 0.321 e. The lowest BCUT2D eigenvalue weighted by atomic mass is 10.3. The van der Waals surface area contributed by atoms with Gasteiger partial charge in [0.05, 0.1) is 11.8 Å². The van der Waals surface area contributed by atoms with Crippen molar-refractivity contribution in [2.24, 2.45) is 0 Å². The van der Waals surface area contributed by atoms with Gasteiger partial charge in [0.25, 0.3) is 0 Å². The monoisotopic (exact) mass is 300 g/mol. The van der Waals surface area contributed by atoms with Crippen LogP contribution in [0.1, 0.15) is 13.3 Å². The third kappa shape index (κ3) is 3.78. The Bertz CT molecular complexity index is 470. The van der Waals surface area contributed by atoms with Crippen molar-refractivity contribution in [1.29, 1.82) is 0 Å². The summed E-state index contributed by atoms with van der Waals surface area (Å²) >= 11 is 7.62. The lowest BCUT2D eigenvalue weighted by molar-refractivity contribution is 0.176. The van der Waals surface area contributed by atoms with Gasteiger partial charge in [-0.15, -0.1) is 11.8 Å². The number of rotatable bonds is 3. The third-order valence-corrected chi connectivity index (χ3v) is 4.12. The van der Waals surface area contributed by atoms with Crippen LogP contribution < -0.4 is 5.32 Å². The molecule has 0 spiro atoms. The molecule has 0 saturated carbocycles.